The van der Waals surface area contributed by atoms with E-state index in [2.05, 4.69) is 0 Å². The lowest BCUT2D eigenvalue weighted by molar-refractivity contribution is -0.135. The maximum absolute atomic E-state index is 12.5. The number of phenols is 1. The summed E-state index contributed by atoms with van der Waals surface area (Å²) in [6, 6.07) is 15.5. The molecule has 2 aromatic carbocycles. The average Bonchev–Trinajstić information content (AvgIpc) is 3.02. The molecular weight excluding hydrogens is 416 g/mol. The Labute approximate surface area is 184 Å². The van der Waals surface area contributed by atoms with E-state index in [1.54, 1.807) is 24.3 Å². The number of rotatable bonds is 7. The third kappa shape index (κ3) is 5.84. The molecule has 160 valence electrons. The molecule has 0 bridgehead atoms. The van der Waals surface area contributed by atoms with Crippen molar-refractivity contribution >= 4 is 34.9 Å². The van der Waals surface area contributed by atoms with Crippen molar-refractivity contribution in [2.24, 2.45) is 0 Å². The van der Waals surface area contributed by atoms with Crippen LogP contribution in [0.4, 0.5) is 4.79 Å². The first kappa shape index (κ1) is 22.3. The van der Waals surface area contributed by atoms with Gasteiger partial charge in [-0.15, -0.1) is 0 Å². The van der Waals surface area contributed by atoms with E-state index in [9.17, 15) is 24.6 Å². The van der Waals surface area contributed by atoms with Gasteiger partial charge in [0.15, 0.2) is 0 Å². The van der Waals surface area contributed by atoms with E-state index in [0.29, 0.717) is 5.56 Å². The molecule has 1 fully saturated rings. The summed E-state index contributed by atoms with van der Waals surface area (Å²) < 4.78 is 0. The lowest BCUT2D eigenvalue weighted by Gasteiger charge is -2.23. The fourth-order valence-corrected chi connectivity index (χ4v) is 3.67. The minimum absolute atomic E-state index is 0.0184. The first-order valence-corrected chi connectivity index (χ1v) is 10.3. The smallest absolute Gasteiger partial charge is 0.294 e. The van der Waals surface area contributed by atoms with E-state index in [1.807, 2.05) is 36.4 Å². The van der Waals surface area contributed by atoms with E-state index in [1.165, 1.54) is 24.1 Å². The Morgan fingerprint density at radius 1 is 1.13 bits per heavy atom. The number of nitrogens with zero attached hydrogens (tertiary/aromatic N) is 2. The van der Waals surface area contributed by atoms with Crippen molar-refractivity contribution in [3.8, 4) is 5.75 Å². The second-order valence-electron chi connectivity index (χ2n) is 6.94. The standard InChI is InChI=1S/C23H22N2O5S/c1-24(14-19(27)17-10-12-18(26)13-11-17)21(28)15-25-22(29)20(31-23(25)30)9-5-8-16-6-3-2-4-7-16/h2-13,19,26-27H,14-15H2,1H3. The Morgan fingerprint density at radius 2 is 1.81 bits per heavy atom. The van der Waals surface area contributed by atoms with Gasteiger partial charge in [0.25, 0.3) is 11.1 Å². The molecule has 1 atom stereocenters. The van der Waals surface area contributed by atoms with Gasteiger partial charge in [-0.1, -0.05) is 54.6 Å². The molecule has 0 radical (unpaired) electrons. The number of aliphatic hydroxyl groups is 1. The van der Waals surface area contributed by atoms with Gasteiger partial charge >= 0.3 is 0 Å². The molecule has 31 heavy (non-hydrogen) atoms. The van der Waals surface area contributed by atoms with Crippen LogP contribution in [0.5, 0.6) is 5.75 Å². The third-order valence-electron chi connectivity index (χ3n) is 4.65. The van der Waals surface area contributed by atoms with Crippen LogP contribution in [0.3, 0.4) is 0 Å². The number of aliphatic hydroxyl groups excluding tert-OH is 1. The maximum Gasteiger partial charge on any atom is 0.294 e. The van der Waals surface area contributed by atoms with Gasteiger partial charge < -0.3 is 15.1 Å². The molecule has 0 aromatic heterocycles. The Balaban J connectivity index is 1.58. The zero-order chi connectivity index (χ0) is 22.4. The number of carbonyl (C=O) groups excluding carboxylic acids is 3. The van der Waals surface area contributed by atoms with Crippen LogP contribution < -0.4 is 0 Å². The van der Waals surface area contributed by atoms with Crippen LogP contribution >= 0.6 is 11.8 Å². The number of likely N-dealkylation sites (N-methyl/N-ethyl adjacent to an activating group) is 1. The predicted octanol–water partition coefficient (Wildman–Crippen LogP) is 3.18. The van der Waals surface area contributed by atoms with E-state index < -0.39 is 29.7 Å². The number of phenolic OH excluding ortho intramolecular Hbond substituents is 1. The number of imide groups is 1. The minimum atomic E-state index is -0.965. The summed E-state index contributed by atoms with van der Waals surface area (Å²) in [5.41, 5.74) is 1.50. The summed E-state index contributed by atoms with van der Waals surface area (Å²) in [6.07, 6.45) is 4.10. The molecule has 1 aliphatic heterocycles. The lowest BCUT2D eigenvalue weighted by atomic mass is 10.1. The molecule has 0 saturated carbocycles. The van der Waals surface area contributed by atoms with Crippen molar-refractivity contribution in [1.82, 2.24) is 9.80 Å². The Bertz CT molecular complexity index is 1020. The first-order valence-electron chi connectivity index (χ1n) is 9.53. The molecule has 1 aliphatic rings. The number of aromatic hydroxyl groups is 1. The monoisotopic (exact) mass is 438 g/mol. The van der Waals surface area contributed by atoms with Crippen LogP contribution in [0.15, 0.2) is 71.7 Å². The molecule has 0 aliphatic carbocycles. The average molecular weight is 439 g/mol. The minimum Gasteiger partial charge on any atom is -0.508 e. The second-order valence-corrected chi connectivity index (χ2v) is 7.93. The zero-order valence-electron chi connectivity index (χ0n) is 16.8. The van der Waals surface area contributed by atoms with Gasteiger partial charge in [-0.05, 0) is 41.1 Å². The van der Waals surface area contributed by atoms with Crippen LogP contribution in [0.1, 0.15) is 17.2 Å². The number of carbonyl (C=O) groups is 3. The number of benzene rings is 2. The zero-order valence-corrected chi connectivity index (χ0v) is 17.7. The first-order chi connectivity index (χ1) is 14.8. The largest absolute Gasteiger partial charge is 0.508 e. The Hall–Kier alpha value is -3.36. The summed E-state index contributed by atoms with van der Waals surface area (Å²) in [6.45, 7) is -0.418. The van der Waals surface area contributed by atoms with Crippen molar-refractivity contribution in [2.45, 2.75) is 6.10 Å². The van der Waals surface area contributed by atoms with Gasteiger partial charge in [0.2, 0.25) is 5.91 Å². The summed E-state index contributed by atoms with van der Waals surface area (Å²) in [5.74, 6) is -0.916. The molecule has 7 nitrogen and oxygen atoms in total. The van der Waals surface area contributed by atoms with Gasteiger partial charge in [-0.3, -0.25) is 19.3 Å². The summed E-state index contributed by atoms with van der Waals surface area (Å²) in [7, 11) is 1.49. The number of allylic oxidation sites excluding steroid dienone is 2. The molecule has 1 unspecified atom stereocenters. The molecule has 1 saturated heterocycles. The molecule has 2 N–H and O–H groups in total. The summed E-state index contributed by atoms with van der Waals surface area (Å²) in [4.78, 5) is 39.7. The fourth-order valence-electron chi connectivity index (χ4n) is 2.88. The molecular formula is C23H22N2O5S. The Morgan fingerprint density at radius 3 is 2.48 bits per heavy atom. The Kier molecular flexibility index (Phi) is 7.28. The van der Waals surface area contributed by atoms with E-state index in [0.717, 1.165) is 22.2 Å². The quantitative estimate of drug-likeness (QED) is 0.645. The molecule has 3 amide bonds. The molecule has 1 heterocycles. The van der Waals surface area contributed by atoms with Gasteiger partial charge in [0, 0.05) is 7.05 Å². The highest BCUT2D eigenvalue weighted by Crippen LogP contribution is 2.30. The number of amides is 3. The van der Waals surface area contributed by atoms with Gasteiger partial charge in [-0.2, -0.15) is 0 Å². The van der Waals surface area contributed by atoms with Crippen LogP contribution in [0.25, 0.3) is 6.08 Å². The lowest BCUT2D eigenvalue weighted by Crippen LogP contribution is -2.41. The number of thioether (sulfide) groups is 1. The van der Waals surface area contributed by atoms with Crippen LogP contribution in [-0.2, 0) is 9.59 Å². The summed E-state index contributed by atoms with van der Waals surface area (Å²) >= 11 is 0.786. The predicted molar refractivity (Wildman–Crippen MR) is 119 cm³/mol. The topological polar surface area (TPSA) is 98.2 Å². The van der Waals surface area contributed by atoms with E-state index in [4.69, 9.17) is 0 Å². The van der Waals surface area contributed by atoms with Crippen molar-refractivity contribution in [3.05, 3.63) is 82.8 Å². The van der Waals surface area contributed by atoms with E-state index in [-0.39, 0.29) is 17.2 Å². The van der Waals surface area contributed by atoms with Gasteiger partial charge in [0.1, 0.15) is 12.3 Å². The highest BCUT2D eigenvalue weighted by molar-refractivity contribution is 8.18. The molecule has 3 rings (SSSR count). The SMILES string of the molecule is CN(CC(O)c1ccc(O)cc1)C(=O)CN1C(=O)SC(=CC=Cc2ccccc2)C1=O. The summed E-state index contributed by atoms with van der Waals surface area (Å²) in [5, 5.41) is 19.1. The van der Waals surface area contributed by atoms with Gasteiger partial charge in [0.05, 0.1) is 17.6 Å². The van der Waals surface area contributed by atoms with Crippen molar-refractivity contribution < 1.29 is 24.6 Å². The number of hydrogen-bond acceptors (Lipinski definition) is 6. The van der Waals surface area contributed by atoms with Crippen molar-refractivity contribution in [2.75, 3.05) is 20.1 Å². The fraction of sp³-hybridized carbons (Fsp3) is 0.174. The van der Waals surface area contributed by atoms with Crippen molar-refractivity contribution in [3.63, 3.8) is 0 Å². The van der Waals surface area contributed by atoms with Crippen LogP contribution in [-0.4, -0.2) is 57.2 Å². The third-order valence-corrected chi connectivity index (χ3v) is 5.58. The van der Waals surface area contributed by atoms with Crippen LogP contribution in [0.2, 0.25) is 0 Å². The molecule has 8 heteroatoms. The highest BCUT2D eigenvalue weighted by Gasteiger charge is 2.36. The van der Waals surface area contributed by atoms with Gasteiger partial charge in [-0.25, -0.2) is 0 Å². The maximum atomic E-state index is 12.5. The second kappa shape index (κ2) is 10.1. The van der Waals surface area contributed by atoms with E-state index >= 15 is 0 Å². The van der Waals surface area contributed by atoms with Crippen LogP contribution in [0, 0.1) is 0 Å². The molecule has 2 aromatic rings. The number of hydrogen-bond donors (Lipinski definition) is 2. The highest BCUT2D eigenvalue weighted by atomic mass is 32.2. The molecule has 0 spiro atoms. The van der Waals surface area contributed by atoms with Crippen molar-refractivity contribution in [1.29, 1.82) is 0 Å². The normalized spacial score (nSPS) is 16.3.